The highest BCUT2D eigenvalue weighted by molar-refractivity contribution is 6.05. The number of nitro groups is 1. The highest BCUT2D eigenvalue weighted by Crippen LogP contribution is 2.22. The summed E-state index contributed by atoms with van der Waals surface area (Å²) in [4.78, 5) is 55.5. The standard InChI is InChI=1S/C20H15N5O5/c26-18(14-6-8-21-15-4-2-1-3-13(14)15)22-7-5-11-9-12(25(29)30)10-16-17(11)24-20(28)19(27)23-16/h1-4,6,8-10H,5,7H2,(H,22,26)(H,23,27)(H,24,28). The fourth-order valence-electron chi connectivity index (χ4n) is 3.28. The molecule has 30 heavy (non-hydrogen) atoms. The molecule has 0 saturated heterocycles. The van der Waals surface area contributed by atoms with Gasteiger partial charge in [0.1, 0.15) is 0 Å². The summed E-state index contributed by atoms with van der Waals surface area (Å²) in [6.45, 7) is 0.160. The number of amides is 1. The number of aromatic nitrogens is 3. The first-order valence-electron chi connectivity index (χ1n) is 8.99. The lowest BCUT2D eigenvalue weighted by Gasteiger charge is -2.09. The summed E-state index contributed by atoms with van der Waals surface area (Å²) in [6.07, 6.45) is 1.75. The van der Waals surface area contributed by atoms with E-state index >= 15 is 0 Å². The van der Waals surface area contributed by atoms with Crippen LogP contribution in [0.2, 0.25) is 0 Å². The number of non-ortho nitro benzene ring substituents is 1. The summed E-state index contributed by atoms with van der Waals surface area (Å²) in [6, 6.07) is 11.3. The molecule has 150 valence electrons. The predicted octanol–water partition coefficient (Wildman–Crippen LogP) is 1.65. The van der Waals surface area contributed by atoms with E-state index in [0.29, 0.717) is 22.0 Å². The number of benzene rings is 2. The average Bonchev–Trinajstić information content (AvgIpc) is 2.74. The van der Waals surface area contributed by atoms with E-state index in [2.05, 4.69) is 20.3 Å². The number of fused-ring (bicyclic) bond motifs is 2. The van der Waals surface area contributed by atoms with Gasteiger partial charge in [-0.05, 0) is 24.1 Å². The lowest BCUT2D eigenvalue weighted by Crippen LogP contribution is -2.30. The van der Waals surface area contributed by atoms with Gasteiger partial charge in [0, 0.05) is 30.3 Å². The molecule has 10 nitrogen and oxygen atoms in total. The third-order valence-corrected chi connectivity index (χ3v) is 4.68. The number of nitrogens with zero attached hydrogens (tertiary/aromatic N) is 2. The van der Waals surface area contributed by atoms with Crippen molar-refractivity contribution in [2.75, 3.05) is 6.54 Å². The van der Waals surface area contributed by atoms with Crippen molar-refractivity contribution in [2.24, 2.45) is 0 Å². The zero-order chi connectivity index (χ0) is 21.3. The van der Waals surface area contributed by atoms with Crippen LogP contribution >= 0.6 is 0 Å². The Kier molecular flexibility index (Phi) is 4.80. The number of hydrogen-bond donors (Lipinski definition) is 3. The van der Waals surface area contributed by atoms with Gasteiger partial charge in [-0.15, -0.1) is 0 Å². The maximum Gasteiger partial charge on any atom is 0.314 e. The number of rotatable bonds is 5. The molecule has 0 bridgehead atoms. The highest BCUT2D eigenvalue weighted by Gasteiger charge is 2.15. The number of para-hydroxylation sites is 1. The highest BCUT2D eigenvalue weighted by atomic mass is 16.6. The van der Waals surface area contributed by atoms with Gasteiger partial charge in [0.15, 0.2) is 0 Å². The zero-order valence-electron chi connectivity index (χ0n) is 15.5. The van der Waals surface area contributed by atoms with E-state index in [1.54, 1.807) is 24.4 Å². The van der Waals surface area contributed by atoms with E-state index < -0.39 is 16.0 Å². The number of aromatic amines is 2. The Bertz CT molecular complexity index is 1420. The Morgan fingerprint density at radius 1 is 1.10 bits per heavy atom. The monoisotopic (exact) mass is 405 g/mol. The first-order chi connectivity index (χ1) is 14.4. The van der Waals surface area contributed by atoms with E-state index in [0.717, 1.165) is 0 Å². The van der Waals surface area contributed by atoms with Gasteiger partial charge < -0.3 is 15.3 Å². The number of carbonyl (C=O) groups excluding carboxylic acids is 1. The van der Waals surface area contributed by atoms with E-state index in [1.807, 2.05) is 12.1 Å². The lowest BCUT2D eigenvalue weighted by molar-refractivity contribution is -0.384. The Labute approximate surface area is 167 Å². The maximum atomic E-state index is 12.6. The van der Waals surface area contributed by atoms with Gasteiger partial charge in [0.05, 0.1) is 27.0 Å². The molecule has 10 heteroatoms. The molecular weight excluding hydrogens is 390 g/mol. The van der Waals surface area contributed by atoms with Gasteiger partial charge in [-0.25, -0.2) is 0 Å². The lowest BCUT2D eigenvalue weighted by atomic mass is 10.1. The van der Waals surface area contributed by atoms with Crippen LogP contribution in [0.4, 0.5) is 5.69 Å². The number of pyridine rings is 1. The molecule has 2 aromatic carbocycles. The van der Waals surface area contributed by atoms with Crippen molar-refractivity contribution in [2.45, 2.75) is 6.42 Å². The van der Waals surface area contributed by atoms with Crippen LogP contribution in [0.5, 0.6) is 0 Å². The number of nitro benzene ring substituents is 1. The van der Waals surface area contributed by atoms with Crippen molar-refractivity contribution in [1.29, 1.82) is 0 Å². The van der Waals surface area contributed by atoms with Crippen LogP contribution in [-0.4, -0.2) is 32.3 Å². The predicted molar refractivity (Wildman–Crippen MR) is 110 cm³/mol. The minimum absolute atomic E-state index is 0.148. The minimum Gasteiger partial charge on any atom is -0.352 e. The second-order valence-corrected chi connectivity index (χ2v) is 6.57. The number of nitrogens with one attached hydrogen (secondary N) is 3. The van der Waals surface area contributed by atoms with Crippen LogP contribution in [0.15, 0.2) is 58.3 Å². The van der Waals surface area contributed by atoms with Crippen molar-refractivity contribution >= 4 is 33.5 Å². The topological polar surface area (TPSA) is 151 Å². The van der Waals surface area contributed by atoms with Gasteiger partial charge in [-0.3, -0.25) is 29.5 Å². The second-order valence-electron chi connectivity index (χ2n) is 6.57. The molecule has 0 spiro atoms. The van der Waals surface area contributed by atoms with E-state index in [4.69, 9.17) is 0 Å². The molecule has 0 aliphatic carbocycles. The summed E-state index contributed by atoms with van der Waals surface area (Å²) >= 11 is 0. The smallest absolute Gasteiger partial charge is 0.314 e. The maximum absolute atomic E-state index is 12.6. The van der Waals surface area contributed by atoms with Crippen LogP contribution in [-0.2, 0) is 6.42 Å². The van der Waals surface area contributed by atoms with Gasteiger partial charge in [0.25, 0.3) is 11.6 Å². The minimum atomic E-state index is -0.896. The normalized spacial score (nSPS) is 10.9. The summed E-state index contributed by atoms with van der Waals surface area (Å²) in [5, 5.41) is 14.7. The molecule has 4 aromatic rings. The Morgan fingerprint density at radius 3 is 2.67 bits per heavy atom. The van der Waals surface area contributed by atoms with Crippen LogP contribution < -0.4 is 16.4 Å². The molecular formula is C20H15N5O5. The summed E-state index contributed by atoms with van der Waals surface area (Å²) in [5.74, 6) is -0.315. The molecule has 0 atom stereocenters. The summed E-state index contributed by atoms with van der Waals surface area (Å²) < 4.78 is 0. The number of carbonyl (C=O) groups is 1. The van der Waals surface area contributed by atoms with Crippen molar-refractivity contribution in [3.8, 4) is 0 Å². The first kappa shape index (κ1) is 19.0. The van der Waals surface area contributed by atoms with Crippen LogP contribution in [0, 0.1) is 10.1 Å². The Balaban J connectivity index is 1.61. The molecule has 0 saturated carbocycles. The van der Waals surface area contributed by atoms with Gasteiger partial charge in [-0.2, -0.15) is 0 Å². The molecule has 4 rings (SSSR count). The van der Waals surface area contributed by atoms with Gasteiger partial charge >= 0.3 is 11.1 Å². The van der Waals surface area contributed by atoms with E-state index in [-0.39, 0.29) is 35.6 Å². The fourth-order valence-corrected chi connectivity index (χ4v) is 3.28. The third kappa shape index (κ3) is 3.53. The number of H-pyrrole nitrogens is 2. The molecule has 3 N–H and O–H groups in total. The fraction of sp³-hybridized carbons (Fsp3) is 0.100. The average molecular weight is 405 g/mol. The molecule has 0 fully saturated rings. The zero-order valence-corrected chi connectivity index (χ0v) is 15.5. The first-order valence-corrected chi connectivity index (χ1v) is 8.99. The van der Waals surface area contributed by atoms with E-state index in [9.17, 15) is 24.5 Å². The molecule has 2 heterocycles. The van der Waals surface area contributed by atoms with Gasteiger partial charge in [0.2, 0.25) is 0 Å². The molecule has 0 aliphatic heterocycles. The largest absolute Gasteiger partial charge is 0.352 e. The molecule has 2 aromatic heterocycles. The number of hydrogen-bond acceptors (Lipinski definition) is 6. The molecule has 1 amide bonds. The van der Waals surface area contributed by atoms with Crippen LogP contribution in [0.1, 0.15) is 15.9 Å². The third-order valence-electron chi connectivity index (χ3n) is 4.68. The SMILES string of the molecule is O=C(NCCc1cc([N+](=O)[O-])cc2[nH]c(=O)c(=O)[nH]c12)c1ccnc2ccccc12. The molecule has 0 aliphatic rings. The van der Waals surface area contributed by atoms with Gasteiger partial charge in [-0.1, -0.05) is 18.2 Å². The second kappa shape index (κ2) is 7.59. The Morgan fingerprint density at radius 2 is 1.87 bits per heavy atom. The summed E-state index contributed by atoms with van der Waals surface area (Å²) in [7, 11) is 0. The summed E-state index contributed by atoms with van der Waals surface area (Å²) in [5.41, 5.74) is 0.0264. The van der Waals surface area contributed by atoms with Crippen LogP contribution in [0.25, 0.3) is 21.9 Å². The van der Waals surface area contributed by atoms with E-state index in [1.165, 1.54) is 12.1 Å². The van der Waals surface area contributed by atoms with Crippen molar-refractivity contribution in [1.82, 2.24) is 20.3 Å². The van der Waals surface area contributed by atoms with Crippen molar-refractivity contribution < 1.29 is 9.72 Å². The quantitative estimate of drug-likeness (QED) is 0.261. The Hall–Kier alpha value is -4.34. The molecule has 0 radical (unpaired) electrons. The van der Waals surface area contributed by atoms with Crippen molar-refractivity contribution in [3.05, 3.63) is 90.6 Å². The van der Waals surface area contributed by atoms with Crippen molar-refractivity contribution in [3.63, 3.8) is 0 Å². The molecule has 0 unspecified atom stereocenters. The van der Waals surface area contributed by atoms with Crippen LogP contribution in [0.3, 0.4) is 0 Å².